The van der Waals surface area contributed by atoms with Gasteiger partial charge < -0.3 is 14.4 Å². The molecule has 1 aliphatic carbocycles. The Morgan fingerprint density at radius 3 is 2.31 bits per heavy atom. The van der Waals surface area contributed by atoms with Crippen molar-refractivity contribution < 1.29 is 23.9 Å². The third kappa shape index (κ3) is 5.66. The molecule has 0 bridgehead atoms. The molecule has 0 fully saturated rings. The van der Waals surface area contributed by atoms with Crippen molar-refractivity contribution in [2.75, 3.05) is 20.4 Å². The van der Waals surface area contributed by atoms with Crippen LogP contribution in [-0.4, -0.2) is 51.0 Å². The van der Waals surface area contributed by atoms with Crippen LogP contribution >= 0.6 is 0 Å². The molecule has 1 aromatic carbocycles. The van der Waals surface area contributed by atoms with Gasteiger partial charge in [0.25, 0.3) is 0 Å². The molecule has 1 aromatic rings. The standard InChI is InChI=1S/C22H29NO5Si/c1-27-19-13-18(24)11-12-22(19,21(26)28-2)14-20(25)23(16-29(3,4)5)15-17-9-7-6-8-10-17/h6-13H,14-16H2,1-5H3. The van der Waals surface area contributed by atoms with Crippen molar-refractivity contribution in [3.8, 4) is 0 Å². The van der Waals surface area contributed by atoms with E-state index in [1.165, 1.54) is 32.4 Å². The van der Waals surface area contributed by atoms with E-state index in [1.807, 2.05) is 30.3 Å². The van der Waals surface area contributed by atoms with Crippen LogP contribution in [-0.2, 0) is 30.4 Å². The zero-order chi connectivity index (χ0) is 21.7. The Hall–Kier alpha value is -2.67. The van der Waals surface area contributed by atoms with Gasteiger partial charge in [-0.3, -0.25) is 14.4 Å². The number of rotatable bonds is 8. The lowest BCUT2D eigenvalue weighted by atomic mass is 9.78. The molecule has 1 amide bonds. The smallest absolute Gasteiger partial charge is 0.323 e. The predicted octanol–water partition coefficient (Wildman–Crippen LogP) is 3.11. The number of hydrogen-bond donors (Lipinski definition) is 0. The Balaban J connectivity index is 2.37. The molecule has 0 aliphatic heterocycles. The minimum atomic E-state index is -1.63. The first-order chi connectivity index (χ1) is 13.6. The van der Waals surface area contributed by atoms with Gasteiger partial charge in [0.15, 0.2) is 11.2 Å². The van der Waals surface area contributed by atoms with Crippen LogP contribution in [0.25, 0.3) is 0 Å². The zero-order valence-corrected chi connectivity index (χ0v) is 18.7. The molecular formula is C22H29NO5Si. The van der Waals surface area contributed by atoms with E-state index < -0.39 is 19.5 Å². The maximum atomic E-state index is 13.4. The Morgan fingerprint density at radius 1 is 1.10 bits per heavy atom. The summed E-state index contributed by atoms with van der Waals surface area (Å²) in [6, 6.07) is 9.74. The summed E-state index contributed by atoms with van der Waals surface area (Å²) in [6.45, 7) is 7.02. The highest BCUT2D eigenvalue weighted by atomic mass is 28.3. The van der Waals surface area contributed by atoms with Crippen LogP contribution < -0.4 is 0 Å². The Bertz CT molecular complexity index is 825. The van der Waals surface area contributed by atoms with E-state index in [4.69, 9.17) is 9.47 Å². The van der Waals surface area contributed by atoms with Crippen molar-refractivity contribution in [3.05, 3.63) is 59.9 Å². The number of carbonyl (C=O) groups is 3. The quantitative estimate of drug-likeness (QED) is 0.482. The predicted molar refractivity (Wildman–Crippen MR) is 114 cm³/mol. The van der Waals surface area contributed by atoms with E-state index in [9.17, 15) is 14.4 Å². The van der Waals surface area contributed by atoms with Gasteiger partial charge >= 0.3 is 5.97 Å². The molecule has 6 nitrogen and oxygen atoms in total. The van der Waals surface area contributed by atoms with Gasteiger partial charge in [-0.05, 0) is 11.6 Å². The van der Waals surface area contributed by atoms with Crippen LogP contribution in [0.4, 0.5) is 0 Å². The summed E-state index contributed by atoms with van der Waals surface area (Å²) in [6.07, 6.45) is 4.43. The number of methoxy groups -OCH3 is 2. The Labute approximate surface area is 173 Å². The first-order valence-electron chi connectivity index (χ1n) is 9.51. The lowest BCUT2D eigenvalue weighted by Crippen LogP contribution is -2.46. The van der Waals surface area contributed by atoms with E-state index >= 15 is 0 Å². The lowest BCUT2D eigenvalue weighted by molar-refractivity contribution is -0.153. The number of nitrogens with zero attached hydrogens (tertiary/aromatic N) is 1. The topological polar surface area (TPSA) is 72.9 Å². The SMILES string of the molecule is COC(=O)C1(CC(=O)N(Cc2ccccc2)C[Si](C)(C)C)C=CC(=O)C=C1OC. The van der Waals surface area contributed by atoms with Crippen molar-refractivity contribution in [2.45, 2.75) is 32.6 Å². The van der Waals surface area contributed by atoms with Gasteiger partial charge in [-0.1, -0.05) is 56.0 Å². The molecule has 2 rings (SSSR count). The van der Waals surface area contributed by atoms with Gasteiger partial charge in [-0.2, -0.15) is 0 Å². The second-order valence-electron chi connectivity index (χ2n) is 8.38. The highest BCUT2D eigenvalue weighted by Crippen LogP contribution is 2.38. The third-order valence-electron chi connectivity index (χ3n) is 4.68. The molecule has 7 heteroatoms. The number of ether oxygens (including phenoxy) is 2. The molecular weight excluding hydrogens is 386 g/mol. The average molecular weight is 416 g/mol. The first-order valence-corrected chi connectivity index (χ1v) is 13.2. The number of hydrogen-bond acceptors (Lipinski definition) is 5. The summed E-state index contributed by atoms with van der Waals surface area (Å²) in [5, 5.41) is 0. The summed E-state index contributed by atoms with van der Waals surface area (Å²) in [5.41, 5.74) is -0.425. The molecule has 1 unspecified atom stereocenters. The summed E-state index contributed by atoms with van der Waals surface area (Å²) in [4.78, 5) is 39.7. The lowest BCUT2D eigenvalue weighted by Gasteiger charge is -2.34. The maximum absolute atomic E-state index is 13.4. The normalized spacial score (nSPS) is 18.8. The molecule has 0 spiro atoms. The molecule has 0 saturated carbocycles. The highest BCUT2D eigenvalue weighted by molar-refractivity contribution is 6.76. The number of amides is 1. The third-order valence-corrected chi connectivity index (χ3v) is 6.01. The molecule has 0 heterocycles. The van der Waals surface area contributed by atoms with E-state index in [1.54, 1.807) is 4.90 Å². The van der Waals surface area contributed by atoms with Crippen molar-refractivity contribution in [1.29, 1.82) is 0 Å². The summed E-state index contributed by atoms with van der Waals surface area (Å²) in [7, 11) is 1.01. The van der Waals surface area contributed by atoms with Gasteiger partial charge in [0, 0.05) is 18.8 Å². The number of allylic oxidation sites excluding steroid dienone is 2. The first kappa shape index (κ1) is 22.6. The molecule has 1 aliphatic rings. The maximum Gasteiger partial charge on any atom is 0.323 e. The van der Waals surface area contributed by atoms with Crippen LogP contribution in [0.3, 0.4) is 0 Å². The monoisotopic (exact) mass is 415 g/mol. The minimum absolute atomic E-state index is 0.123. The van der Waals surface area contributed by atoms with Crippen molar-refractivity contribution >= 4 is 25.7 Å². The van der Waals surface area contributed by atoms with Gasteiger partial charge in [-0.25, -0.2) is 0 Å². The molecule has 0 aromatic heterocycles. The Kier molecular flexibility index (Phi) is 7.19. The van der Waals surface area contributed by atoms with Crippen LogP contribution in [0.15, 0.2) is 54.3 Å². The van der Waals surface area contributed by atoms with Crippen LogP contribution in [0.5, 0.6) is 0 Å². The summed E-state index contributed by atoms with van der Waals surface area (Å²) in [5.74, 6) is -0.992. The number of esters is 1. The molecule has 0 radical (unpaired) electrons. The second-order valence-corrected chi connectivity index (χ2v) is 13.8. The van der Waals surface area contributed by atoms with Gasteiger partial charge in [0.1, 0.15) is 5.76 Å². The molecule has 1 atom stereocenters. The molecule has 156 valence electrons. The van der Waals surface area contributed by atoms with Crippen molar-refractivity contribution in [1.82, 2.24) is 4.90 Å². The fourth-order valence-electron chi connectivity index (χ4n) is 3.38. The number of ketones is 1. The van der Waals surface area contributed by atoms with Crippen molar-refractivity contribution in [2.24, 2.45) is 5.41 Å². The van der Waals surface area contributed by atoms with E-state index in [2.05, 4.69) is 19.6 Å². The molecule has 0 saturated heterocycles. The second kappa shape index (κ2) is 9.22. The van der Waals surface area contributed by atoms with E-state index in [-0.39, 0.29) is 23.9 Å². The molecule has 0 N–H and O–H groups in total. The van der Waals surface area contributed by atoms with E-state index in [0.29, 0.717) is 12.7 Å². The number of benzene rings is 1. The van der Waals surface area contributed by atoms with Gasteiger partial charge in [0.05, 0.1) is 28.7 Å². The highest BCUT2D eigenvalue weighted by Gasteiger charge is 2.47. The van der Waals surface area contributed by atoms with Gasteiger partial charge in [-0.15, -0.1) is 0 Å². The van der Waals surface area contributed by atoms with Crippen molar-refractivity contribution in [3.63, 3.8) is 0 Å². The van der Waals surface area contributed by atoms with Gasteiger partial charge in [0.2, 0.25) is 5.91 Å². The number of carbonyl (C=O) groups excluding carboxylic acids is 3. The van der Waals surface area contributed by atoms with Crippen LogP contribution in [0.1, 0.15) is 12.0 Å². The summed E-state index contributed by atoms with van der Waals surface area (Å²) < 4.78 is 10.3. The van der Waals surface area contributed by atoms with E-state index in [0.717, 1.165) is 5.56 Å². The van der Waals surface area contributed by atoms with Crippen LogP contribution in [0, 0.1) is 5.41 Å². The fraction of sp³-hybridized carbons (Fsp3) is 0.409. The zero-order valence-electron chi connectivity index (χ0n) is 17.7. The summed E-state index contributed by atoms with van der Waals surface area (Å²) >= 11 is 0. The largest absolute Gasteiger partial charge is 0.499 e. The Morgan fingerprint density at radius 2 is 1.76 bits per heavy atom. The van der Waals surface area contributed by atoms with Crippen LogP contribution in [0.2, 0.25) is 19.6 Å². The molecule has 29 heavy (non-hydrogen) atoms. The fourth-order valence-corrected chi connectivity index (χ4v) is 4.81. The average Bonchev–Trinajstić information content (AvgIpc) is 2.67. The minimum Gasteiger partial charge on any atom is -0.499 e.